The van der Waals surface area contributed by atoms with E-state index in [1.165, 1.54) is 6.07 Å². The van der Waals surface area contributed by atoms with E-state index in [2.05, 4.69) is 10.5 Å². The van der Waals surface area contributed by atoms with Gasteiger partial charge in [0, 0.05) is 0 Å². The van der Waals surface area contributed by atoms with E-state index in [4.69, 9.17) is 5.11 Å². The fourth-order valence-corrected chi connectivity index (χ4v) is 1.63. The predicted molar refractivity (Wildman–Crippen MR) is 75.8 cm³/mol. The highest BCUT2D eigenvalue weighted by Crippen LogP contribution is 2.11. The van der Waals surface area contributed by atoms with Crippen molar-refractivity contribution in [3.05, 3.63) is 65.2 Å². The number of rotatable bonds is 4. The summed E-state index contributed by atoms with van der Waals surface area (Å²) in [5.41, 5.74) is 5.85. The first kappa shape index (κ1) is 12.8. The largest absolute Gasteiger partial charge is 0.478 e. The Kier molecular flexibility index (Phi) is 3.93. The van der Waals surface area contributed by atoms with Crippen molar-refractivity contribution in [2.45, 2.75) is 6.92 Å². The van der Waals surface area contributed by atoms with Crippen LogP contribution in [0.4, 0.5) is 5.69 Å². The highest BCUT2D eigenvalue weighted by atomic mass is 16.4. The minimum Gasteiger partial charge on any atom is -0.478 e. The molecule has 0 bridgehead atoms. The van der Waals surface area contributed by atoms with Gasteiger partial charge >= 0.3 is 5.97 Å². The number of carboxylic acid groups (broad SMARTS) is 1. The second-order valence-electron chi connectivity index (χ2n) is 4.11. The molecule has 0 aliphatic heterocycles. The minimum atomic E-state index is -0.952. The van der Waals surface area contributed by atoms with Crippen molar-refractivity contribution in [2.24, 2.45) is 5.10 Å². The molecule has 0 saturated heterocycles. The van der Waals surface area contributed by atoms with Gasteiger partial charge in [-0.15, -0.1) is 0 Å². The van der Waals surface area contributed by atoms with Crippen molar-refractivity contribution in [1.29, 1.82) is 0 Å². The lowest BCUT2D eigenvalue weighted by molar-refractivity contribution is 0.0697. The summed E-state index contributed by atoms with van der Waals surface area (Å²) in [6.45, 7) is 2.01. The number of nitrogens with one attached hydrogen (secondary N) is 1. The molecule has 4 nitrogen and oxygen atoms in total. The summed E-state index contributed by atoms with van der Waals surface area (Å²) >= 11 is 0. The van der Waals surface area contributed by atoms with Crippen LogP contribution in [0.25, 0.3) is 0 Å². The predicted octanol–water partition coefficient (Wildman–Crippen LogP) is 3.14. The Morgan fingerprint density at radius 2 is 2.00 bits per heavy atom. The quantitative estimate of drug-likeness (QED) is 0.651. The summed E-state index contributed by atoms with van der Waals surface area (Å²) in [6.07, 6.45) is 1.71. The number of nitrogens with zero attached hydrogens (tertiary/aromatic N) is 1. The van der Waals surface area contributed by atoms with Gasteiger partial charge in [-0.2, -0.15) is 5.10 Å². The van der Waals surface area contributed by atoms with Gasteiger partial charge in [-0.1, -0.05) is 30.3 Å². The Morgan fingerprint density at radius 3 is 2.74 bits per heavy atom. The molecule has 96 valence electrons. The first-order valence-corrected chi connectivity index (χ1v) is 5.85. The Balaban J connectivity index is 2.09. The number of hydrogen-bond acceptors (Lipinski definition) is 3. The average Bonchev–Trinajstić information content (AvgIpc) is 2.41. The van der Waals surface area contributed by atoms with Crippen LogP contribution in [-0.4, -0.2) is 17.3 Å². The second-order valence-corrected chi connectivity index (χ2v) is 4.11. The fourth-order valence-electron chi connectivity index (χ4n) is 1.63. The molecule has 0 unspecified atom stereocenters. The zero-order chi connectivity index (χ0) is 13.7. The van der Waals surface area contributed by atoms with Crippen LogP contribution < -0.4 is 5.43 Å². The minimum absolute atomic E-state index is 0.232. The van der Waals surface area contributed by atoms with Crippen LogP contribution in [0, 0.1) is 6.92 Å². The van der Waals surface area contributed by atoms with Crippen molar-refractivity contribution in [3.63, 3.8) is 0 Å². The van der Waals surface area contributed by atoms with E-state index in [1.54, 1.807) is 24.4 Å². The van der Waals surface area contributed by atoms with E-state index in [-0.39, 0.29) is 5.56 Å². The summed E-state index contributed by atoms with van der Waals surface area (Å²) in [6, 6.07) is 14.4. The van der Waals surface area contributed by atoms with E-state index in [0.29, 0.717) is 5.69 Å². The number of aryl methyl sites for hydroxylation is 1. The van der Waals surface area contributed by atoms with Crippen LogP contribution in [0.5, 0.6) is 0 Å². The van der Waals surface area contributed by atoms with Crippen LogP contribution in [0.1, 0.15) is 21.5 Å². The monoisotopic (exact) mass is 254 g/mol. The third-order valence-electron chi connectivity index (χ3n) is 2.70. The molecule has 0 aliphatic rings. The molecule has 0 aliphatic carbocycles. The lowest BCUT2D eigenvalue weighted by Gasteiger charge is -2.02. The number of carbonyl (C=O) groups is 1. The number of aromatic carboxylic acids is 1. The maximum Gasteiger partial charge on any atom is 0.335 e. The smallest absolute Gasteiger partial charge is 0.335 e. The standard InChI is InChI=1S/C15H14N2O2/c1-11-5-2-3-6-13(11)10-16-17-14-8-4-7-12(9-14)15(18)19/h2-10,17H,1H3,(H,18,19). The number of benzene rings is 2. The van der Waals surface area contributed by atoms with Gasteiger partial charge in [0.2, 0.25) is 0 Å². The van der Waals surface area contributed by atoms with Gasteiger partial charge in [0.15, 0.2) is 0 Å². The number of anilines is 1. The van der Waals surface area contributed by atoms with Gasteiger partial charge in [-0.25, -0.2) is 4.79 Å². The van der Waals surface area contributed by atoms with Crippen LogP contribution in [0.3, 0.4) is 0 Å². The zero-order valence-electron chi connectivity index (χ0n) is 10.5. The molecule has 2 N–H and O–H groups in total. The molecular weight excluding hydrogens is 240 g/mol. The molecule has 0 radical (unpaired) electrons. The lowest BCUT2D eigenvalue weighted by atomic mass is 10.1. The molecule has 2 aromatic carbocycles. The third kappa shape index (κ3) is 3.42. The highest BCUT2D eigenvalue weighted by molar-refractivity contribution is 5.89. The maximum absolute atomic E-state index is 10.8. The van der Waals surface area contributed by atoms with Gasteiger partial charge in [0.25, 0.3) is 0 Å². The Hall–Kier alpha value is -2.62. The summed E-state index contributed by atoms with van der Waals surface area (Å²) in [5.74, 6) is -0.952. The molecule has 0 saturated carbocycles. The molecule has 0 aromatic heterocycles. The van der Waals surface area contributed by atoms with E-state index in [1.807, 2.05) is 31.2 Å². The Morgan fingerprint density at radius 1 is 1.21 bits per heavy atom. The zero-order valence-corrected chi connectivity index (χ0v) is 10.5. The molecule has 0 atom stereocenters. The molecule has 0 amide bonds. The van der Waals surface area contributed by atoms with E-state index >= 15 is 0 Å². The maximum atomic E-state index is 10.8. The summed E-state index contributed by atoms with van der Waals surface area (Å²) < 4.78 is 0. The molecular formula is C15H14N2O2. The molecule has 2 rings (SSSR count). The van der Waals surface area contributed by atoms with Crippen molar-refractivity contribution in [2.75, 3.05) is 5.43 Å². The molecule has 2 aromatic rings. The second kappa shape index (κ2) is 5.82. The van der Waals surface area contributed by atoms with Crippen molar-refractivity contribution in [1.82, 2.24) is 0 Å². The molecule has 0 fully saturated rings. The van der Waals surface area contributed by atoms with Crippen LogP contribution >= 0.6 is 0 Å². The Labute approximate surface area is 111 Å². The van der Waals surface area contributed by atoms with E-state index in [9.17, 15) is 4.79 Å². The SMILES string of the molecule is Cc1ccccc1C=NNc1cccc(C(=O)O)c1. The molecule has 19 heavy (non-hydrogen) atoms. The Bertz CT molecular complexity index is 621. The first-order chi connectivity index (χ1) is 9.16. The third-order valence-corrected chi connectivity index (χ3v) is 2.70. The number of hydrogen-bond donors (Lipinski definition) is 2. The van der Waals surface area contributed by atoms with Crippen LogP contribution in [0.2, 0.25) is 0 Å². The lowest BCUT2D eigenvalue weighted by Crippen LogP contribution is -1.98. The molecule has 4 heteroatoms. The van der Waals surface area contributed by atoms with Crippen molar-refractivity contribution < 1.29 is 9.90 Å². The van der Waals surface area contributed by atoms with E-state index in [0.717, 1.165) is 11.1 Å². The topological polar surface area (TPSA) is 61.7 Å². The summed E-state index contributed by atoms with van der Waals surface area (Å²) in [5, 5.41) is 13.0. The van der Waals surface area contributed by atoms with Gasteiger partial charge in [-0.05, 0) is 36.2 Å². The van der Waals surface area contributed by atoms with Crippen molar-refractivity contribution in [3.8, 4) is 0 Å². The average molecular weight is 254 g/mol. The van der Waals surface area contributed by atoms with Gasteiger partial charge in [0.1, 0.15) is 0 Å². The highest BCUT2D eigenvalue weighted by Gasteiger charge is 2.01. The normalized spacial score (nSPS) is 10.6. The number of carboxylic acids is 1. The van der Waals surface area contributed by atoms with Gasteiger partial charge in [-0.3, -0.25) is 5.43 Å². The summed E-state index contributed by atoms with van der Waals surface area (Å²) in [7, 11) is 0. The number of hydrazone groups is 1. The van der Waals surface area contributed by atoms with Gasteiger partial charge < -0.3 is 5.11 Å². The van der Waals surface area contributed by atoms with E-state index < -0.39 is 5.97 Å². The molecule has 0 heterocycles. The van der Waals surface area contributed by atoms with Crippen LogP contribution in [-0.2, 0) is 0 Å². The molecule has 0 spiro atoms. The fraction of sp³-hybridized carbons (Fsp3) is 0.0667. The van der Waals surface area contributed by atoms with Crippen LogP contribution in [0.15, 0.2) is 53.6 Å². The summed E-state index contributed by atoms with van der Waals surface area (Å²) in [4.78, 5) is 10.8. The first-order valence-electron chi connectivity index (χ1n) is 5.85. The van der Waals surface area contributed by atoms with Gasteiger partial charge in [0.05, 0.1) is 17.5 Å². The van der Waals surface area contributed by atoms with Crippen molar-refractivity contribution >= 4 is 17.9 Å².